The van der Waals surface area contributed by atoms with Crippen LogP contribution in [0.15, 0.2) is 65.5 Å². The van der Waals surface area contributed by atoms with E-state index in [9.17, 15) is 18.9 Å². The number of hydrogen-bond acceptors (Lipinski definition) is 12. The van der Waals surface area contributed by atoms with Crippen LogP contribution in [-0.4, -0.2) is 114 Å². The third-order valence-electron chi connectivity index (χ3n) is 12.8. The second kappa shape index (κ2) is 19.1. The summed E-state index contributed by atoms with van der Waals surface area (Å²) in [5.41, 5.74) is 7.40. The number of aromatic nitrogens is 4. The van der Waals surface area contributed by atoms with Crippen molar-refractivity contribution in [2.75, 3.05) is 81.8 Å². The van der Waals surface area contributed by atoms with E-state index in [1.165, 1.54) is 6.07 Å². The predicted octanol–water partition coefficient (Wildman–Crippen LogP) is 7.19. The van der Waals surface area contributed by atoms with Crippen LogP contribution in [0, 0.1) is 19.7 Å². The zero-order valence-electron chi connectivity index (χ0n) is 37.6. The van der Waals surface area contributed by atoms with Crippen LogP contribution in [0.2, 0.25) is 0 Å². The van der Waals surface area contributed by atoms with Crippen LogP contribution in [0.25, 0.3) is 11.1 Å². The van der Waals surface area contributed by atoms with Gasteiger partial charge in [0.2, 0.25) is 23.7 Å². The van der Waals surface area contributed by atoms with Crippen LogP contribution >= 0.6 is 23.1 Å². The number of nitrogens with zero attached hydrogens (tertiary/aromatic N) is 7. The number of aryl methyl sites for hydroxylation is 2. The predicted molar refractivity (Wildman–Crippen MR) is 255 cm³/mol. The summed E-state index contributed by atoms with van der Waals surface area (Å²) in [4.78, 5) is 53.3. The zero-order chi connectivity index (χ0) is 46.2. The van der Waals surface area contributed by atoms with Gasteiger partial charge in [-0.15, -0.1) is 0 Å². The van der Waals surface area contributed by atoms with Crippen LogP contribution in [0.5, 0.6) is 5.75 Å². The maximum absolute atomic E-state index is 15.4. The topological polar surface area (TPSA) is 167 Å². The van der Waals surface area contributed by atoms with Crippen molar-refractivity contribution in [3.05, 3.63) is 93.6 Å². The van der Waals surface area contributed by atoms with Gasteiger partial charge in [0.1, 0.15) is 24.5 Å². The molecule has 0 spiro atoms. The lowest BCUT2D eigenvalue weighted by Crippen LogP contribution is -2.52. The van der Waals surface area contributed by atoms with Crippen LogP contribution in [0.3, 0.4) is 0 Å². The fraction of sp³-hybridized carbons (Fsp3) is 0.404. The molecule has 1 atom stereocenters. The number of likely N-dealkylation sites (tertiary alicyclic amines) is 1. The van der Waals surface area contributed by atoms with Crippen molar-refractivity contribution in [3.8, 4) is 16.9 Å². The summed E-state index contributed by atoms with van der Waals surface area (Å²) in [7, 11) is 0.852. The molecule has 2 aromatic heterocycles. The molecular weight excluding hydrogens is 914 g/mol. The van der Waals surface area contributed by atoms with E-state index in [4.69, 9.17) is 9.72 Å². The number of piperazine rings is 1. The van der Waals surface area contributed by atoms with Crippen molar-refractivity contribution >= 4 is 74.9 Å². The van der Waals surface area contributed by atoms with Crippen LogP contribution in [0.4, 0.5) is 33.2 Å². The normalized spacial score (nSPS) is 17.6. The SMILES string of the molecule is COc1cc(N2CCN(C(=O)CN3CCC(c4ccc(C5CCC(=O)NC5=O)cc4F)CC3)CC2)c(-c2cnn(C)c2)cc1Nc1ncc(Br)c(Nc2ccc(C)c(C)c2P(C)(C)=O)n1. The summed E-state index contributed by atoms with van der Waals surface area (Å²) in [6, 6.07) is 13.0. The van der Waals surface area contributed by atoms with Crippen LogP contribution in [-0.2, 0) is 26.0 Å². The molecule has 342 valence electrons. The Hall–Kier alpha value is -5.64. The van der Waals surface area contributed by atoms with Gasteiger partial charge in [0.05, 0.1) is 41.6 Å². The molecule has 3 amide bonds. The van der Waals surface area contributed by atoms with Gasteiger partial charge in [-0.1, -0.05) is 18.2 Å². The molecule has 3 saturated heterocycles. The highest BCUT2D eigenvalue weighted by Gasteiger charge is 2.32. The Labute approximate surface area is 387 Å². The van der Waals surface area contributed by atoms with Gasteiger partial charge >= 0.3 is 0 Å². The maximum Gasteiger partial charge on any atom is 0.236 e. The van der Waals surface area contributed by atoms with Crippen molar-refractivity contribution in [2.45, 2.75) is 51.4 Å². The van der Waals surface area contributed by atoms with E-state index < -0.39 is 13.1 Å². The van der Waals surface area contributed by atoms with E-state index in [0.29, 0.717) is 91.0 Å². The van der Waals surface area contributed by atoms with Crippen molar-refractivity contribution in [1.82, 2.24) is 34.9 Å². The van der Waals surface area contributed by atoms with Crippen molar-refractivity contribution in [3.63, 3.8) is 0 Å². The van der Waals surface area contributed by atoms with Crippen molar-refractivity contribution in [2.24, 2.45) is 7.05 Å². The molecule has 5 heterocycles. The van der Waals surface area contributed by atoms with E-state index in [1.807, 2.05) is 68.5 Å². The molecule has 3 aromatic carbocycles. The average molecular weight is 970 g/mol. The number of hydrogen-bond donors (Lipinski definition) is 3. The lowest BCUT2D eigenvalue weighted by Gasteiger charge is -2.39. The Bertz CT molecular complexity index is 2690. The third-order valence-corrected chi connectivity index (χ3v) is 15.1. The Morgan fingerprint density at radius 1 is 0.969 bits per heavy atom. The summed E-state index contributed by atoms with van der Waals surface area (Å²) in [6.07, 6.45) is 7.52. The smallest absolute Gasteiger partial charge is 0.236 e. The number of piperidine rings is 2. The number of anilines is 5. The summed E-state index contributed by atoms with van der Waals surface area (Å²) in [6.45, 7) is 11.5. The molecule has 18 heteroatoms. The Morgan fingerprint density at radius 2 is 1.72 bits per heavy atom. The first kappa shape index (κ1) is 45.9. The minimum Gasteiger partial charge on any atom is -0.494 e. The molecule has 0 radical (unpaired) electrons. The standard InChI is InChI=1S/C47H55BrFN10O5P/c1-28-7-11-38(44(29(28)2)65(5,6)63)52-45-36(48)25-50-47(55-45)53-39-22-35(32-24-51-56(3)26-32)40(23-41(39)64-4)58-17-19-59(20-18-58)43(61)27-57-15-13-30(14-16-57)33-9-8-31(21-37(33)49)34-10-12-42(60)54-46(34)62/h7-9,11,21-26,30,34H,10,12-20,27H2,1-6H3,(H,54,60,62)(H2,50,52,53,55). The molecule has 1 unspecified atom stereocenters. The minimum atomic E-state index is -2.64. The van der Waals surface area contributed by atoms with Crippen molar-refractivity contribution in [1.29, 1.82) is 0 Å². The average Bonchev–Trinajstić information content (AvgIpc) is 3.71. The van der Waals surface area contributed by atoms with E-state index >= 15 is 4.39 Å². The van der Waals surface area contributed by atoms with Gasteiger partial charge in [-0.25, -0.2) is 9.37 Å². The third kappa shape index (κ3) is 10.1. The molecule has 5 aromatic rings. The Kier molecular flexibility index (Phi) is 13.5. The molecule has 15 nitrogen and oxygen atoms in total. The van der Waals surface area contributed by atoms with Gasteiger partial charge in [-0.2, -0.15) is 10.1 Å². The van der Waals surface area contributed by atoms with Crippen LogP contribution < -0.4 is 30.9 Å². The fourth-order valence-corrected chi connectivity index (χ4v) is 11.2. The van der Waals surface area contributed by atoms with Crippen LogP contribution in [0.1, 0.15) is 59.8 Å². The number of imide groups is 1. The highest BCUT2D eigenvalue weighted by molar-refractivity contribution is 9.10. The molecule has 0 saturated carbocycles. The van der Waals surface area contributed by atoms with Gasteiger partial charge in [-0.3, -0.25) is 29.3 Å². The van der Waals surface area contributed by atoms with E-state index in [0.717, 1.165) is 51.8 Å². The second-order valence-electron chi connectivity index (χ2n) is 17.6. The Balaban J connectivity index is 0.922. The number of halogens is 2. The molecule has 3 aliphatic heterocycles. The number of methoxy groups -OCH3 is 1. The number of ether oxygens (including phenoxy) is 1. The first-order chi connectivity index (χ1) is 31.1. The number of rotatable bonds is 12. The van der Waals surface area contributed by atoms with Gasteiger partial charge in [0.25, 0.3) is 0 Å². The molecule has 3 fully saturated rings. The van der Waals surface area contributed by atoms with Gasteiger partial charge in [0.15, 0.2) is 0 Å². The monoisotopic (exact) mass is 968 g/mol. The largest absolute Gasteiger partial charge is 0.494 e. The number of benzene rings is 3. The number of carbonyl (C=O) groups excluding carboxylic acids is 3. The lowest BCUT2D eigenvalue weighted by molar-refractivity contribution is -0.134. The molecule has 3 aliphatic rings. The lowest BCUT2D eigenvalue weighted by atomic mass is 9.85. The minimum absolute atomic E-state index is 0.0197. The van der Waals surface area contributed by atoms with Gasteiger partial charge in [-0.05, 0) is 122 Å². The van der Waals surface area contributed by atoms with E-state index in [1.54, 1.807) is 37.4 Å². The highest BCUT2D eigenvalue weighted by atomic mass is 79.9. The zero-order valence-corrected chi connectivity index (χ0v) is 40.1. The van der Waals surface area contributed by atoms with E-state index in [-0.39, 0.29) is 35.9 Å². The number of amides is 3. The fourth-order valence-electron chi connectivity index (χ4n) is 9.24. The first-order valence-electron chi connectivity index (χ1n) is 21.9. The highest BCUT2D eigenvalue weighted by Crippen LogP contribution is 2.43. The second-order valence-corrected chi connectivity index (χ2v) is 21.6. The molecule has 65 heavy (non-hydrogen) atoms. The summed E-state index contributed by atoms with van der Waals surface area (Å²) in [5.74, 6) is -0.0221. The molecular formula is C47H55BrFN10O5P. The quantitative estimate of drug-likeness (QED) is 0.0853. The number of nitrogens with one attached hydrogen (secondary N) is 3. The molecule has 3 N–H and O–H groups in total. The summed E-state index contributed by atoms with van der Waals surface area (Å²) < 4.78 is 37.2. The first-order valence-corrected chi connectivity index (χ1v) is 25.3. The maximum atomic E-state index is 15.4. The number of carbonyl (C=O) groups is 3. The molecule has 0 aliphatic carbocycles. The summed E-state index contributed by atoms with van der Waals surface area (Å²) in [5, 5.41) is 14.4. The molecule has 0 bridgehead atoms. The van der Waals surface area contributed by atoms with Gasteiger partial charge < -0.3 is 29.7 Å². The molecule has 8 rings (SSSR count). The van der Waals surface area contributed by atoms with Crippen molar-refractivity contribution < 1.29 is 28.1 Å². The van der Waals surface area contributed by atoms with Gasteiger partial charge in [0, 0.05) is 80.2 Å². The van der Waals surface area contributed by atoms with E-state index in [2.05, 4.69) is 51.8 Å². The summed E-state index contributed by atoms with van der Waals surface area (Å²) >= 11 is 3.59. The Morgan fingerprint density at radius 3 is 2.38 bits per heavy atom.